The summed E-state index contributed by atoms with van der Waals surface area (Å²) in [4.78, 5) is 10.3. The number of aromatic nitrogens is 2. The average molecular weight is 283 g/mol. The molecule has 1 N–H and O–H groups in total. The van der Waals surface area contributed by atoms with Crippen LogP contribution in [-0.4, -0.2) is 35.5 Å². The third-order valence-corrected chi connectivity index (χ3v) is 3.63. The lowest BCUT2D eigenvalue weighted by Crippen LogP contribution is -2.10. The molecule has 0 aliphatic carbocycles. The molecule has 14 heavy (non-hydrogen) atoms. The molecule has 0 spiro atoms. The highest BCUT2D eigenvalue weighted by molar-refractivity contribution is 9.10. The molecular formula is C6H7BrN2O4S. The Balaban J connectivity index is 3.16. The Morgan fingerprint density at radius 3 is 2.64 bits per heavy atom. The quantitative estimate of drug-likeness (QED) is 0.851. The second-order valence-corrected chi connectivity index (χ2v) is 5.36. The first-order chi connectivity index (χ1) is 6.32. The van der Waals surface area contributed by atoms with Gasteiger partial charge in [-0.3, -0.25) is 4.79 Å². The zero-order chi connectivity index (χ0) is 10.9. The van der Waals surface area contributed by atoms with Gasteiger partial charge in [0.15, 0.2) is 9.84 Å². The molecule has 8 heteroatoms. The molecule has 0 aliphatic heterocycles. The number of halogens is 1. The van der Waals surface area contributed by atoms with Crippen LogP contribution < -0.4 is 0 Å². The molecule has 1 aromatic heterocycles. The molecule has 6 nitrogen and oxygen atoms in total. The van der Waals surface area contributed by atoms with E-state index in [0.717, 1.165) is 17.1 Å². The highest BCUT2D eigenvalue weighted by Gasteiger charge is 2.17. The number of carboxylic acid groups (broad SMARTS) is 1. The molecule has 1 rings (SSSR count). The fraction of sp³-hybridized carbons (Fsp3) is 0.333. The summed E-state index contributed by atoms with van der Waals surface area (Å²) in [5, 5.41) is 12.1. The van der Waals surface area contributed by atoms with Crippen molar-refractivity contribution in [3.05, 3.63) is 10.8 Å². The van der Waals surface area contributed by atoms with Crippen LogP contribution in [0.25, 0.3) is 0 Å². The van der Waals surface area contributed by atoms with Crippen molar-refractivity contribution in [1.29, 1.82) is 0 Å². The molecule has 0 unspecified atom stereocenters. The monoisotopic (exact) mass is 282 g/mol. The summed E-state index contributed by atoms with van der Waals surface area (Å²) in [7, 11) is -3.37. The van der Waals surface area contributed by atoms with Crippen LogP contribution >= 0.6 is 15.9 Å². The van der Waals surface area contributed by atoms with E-state index in [-0.39, 0.29) is 16.0 Å². The van der Waals surface area contributed by atoms with E-state index in [4.69, 9.17) is 5.11 Å². The standard InChI is InChI=1S/C6H7BrN2O4S/c1-14(12,13)4-2-8-9(6(4)7)3-5(10)11/h2H,3H2,1H3,(H,10,11). The summed E-state index contributed by atoms with van der Waals surface area (Å²) in [6.07, 6.45) is 2.14. The van der Waals surface area contributed by atoms with Gasteiger partial charge in [0.1, 0.15) is 16.0 Å². The Bertz CT molecular complexity index is 464. The average Bonchev–Trinajstić information content (AvgIpc) is 2.30. The van der Waals surface area contributed by atoms with E-state index in [1.54, 1.807) is 0 Å². The van der Waals surface area contributed by atoms with Crippen LogP contribution in [0.4, 0.5) is 0 Å². The molecule has 0 radical (unpaired) electrons. The van der Waals surface area contributed by atoms with Gasteiger partial charge in [-0.05, 0) is 15.9 Å². The van der Waals surface area contributed by atoms with Crippen LogP contribution in [0.3, 0.4) is 0 Å². The summed E-state index contributed by atoms with van der Waals surface area (Å²) >= 11 is 2.97. The van der Waals surface area contributed by atoms with Gasteiger partial charge in [-0.15, -0.1) is 0 Å². The molecule has 0 saturated carbocycles. The number of carboxylic acids is 1. The normalized spacial score (nSPS) is 11.6. The van der Waals surface area contributed by atoms with Crippen LogP contribution in [0.2, 0.25) is 0 Å². The molecule has 78 valence electrons. The van der Waals surface area contributed by atoms with E-state index >= 15 is 0 Å². The van der Waals surface area contributed by atoms with E-state index in [1.807, 2.05) is 0 Å². The van der Waals surface area contributed by atoms with Gasteiger partial charge < -0.3 is 5.11 Å². The molecule has 0 atom stereocenters. The van der Waals surface area contributed by atoms with Crippen molar-refractivity contribution < 1.29 is 18.3 Å². The van der Waals surface area contributed by atoms with Gasteiger partial charge in [-0.1, -0.05) is 0 Å². The summed E-state index contributed by atoms with van der Waals surface area (Å²) in [5.41, 5.74) is 0. The van der Waals surface area contributed by atoms with Crippen molar-refractivity contribution >= 4 is 31.7 Å². The SMILES string of the molecule is CS(=O)(=O)c1cnn(CC(=O)O)c1Br. The van der Waals surface area contributed by atoms with Crippen LogP contribution in [0.5, 0.6) is 0 Å². The number of nitrogens with zero attached hydrogens (tertiary/aromatic N) is 2. The minimum Gasteiger partial charge on any atom is -0.480 e. The van der Waals surface area contributed by atoms with Gasteiger partial charge in [0.25, 0.3) is 0 Å². The molecule has 0 aromatic carbocycles. The second kappa shape index (κ2) is 3.70. The Hall–Kier alpha value is -0.890. The van der Waals surface area contributed by atoms with E-state index in [0.29, 0.717) is 0 Å². The number of carbonyl (C=O) groups is 1. The minimum atomic E-state index is -3.37. The van der Waals surface area contributed by atoms with Gasteiger partial charge in [-0.2, -0.15) is 5.10 Å². The predicted octanol–water partition coefficient (Wildman–Crippen LogP) is 0.134. The third-order valence-electron chi connectivity index (χ3n) is 1.43. The first-order valence-corrected chi connectivity index (χ1v) is 6.14. The Kier molecular flexibility index (Phi) is 2.95. The van der Waals surface area contributed by atoms with Crippen LogP contribution in [-0.2, 0) is 21.2 Å². The highest BCUT2D eigenvalue weighted by Crippen LogP contribution is 2.20. The lowest BCUT2D eigenvalue weighted by molar-refractivity contribution is -0.137. The minimum absolute atomic E-state index is 0.0150. The van der Waals surface area contributed by atoms with Gasteiger partial charge >= 0.3 is 5.97 Å². The van der Waals surface area contributed by atoms with Gasteiger partial charge in [0.2, 0.25) is 0 Å². The summed E-state index contributed by atoms with van der Waals surface area (Å²) < 4.78 is 23.5. The molecule has 0 aliphatic rings. The van der Waals surface area contributed by atoms with Gasteiger partial charge in [0.05, 0.1) is 6.20 Å². The van der Waals surface area contributed by atoms with Crippen molar-refractivity contribution in [3.8, 4) is 0 Å². The molecule has 0 bridgehead atoms. The smallest absolute Gasteiger partial charge is 0.325 e. The van der Waals surface area contributed by atoms with E-state index in [2.05, 4.69) is 21.0 Å². The summed E-state index contributed by atoms with van der Waals surface area (Å²) in [6.45, 7) is -0.379. The largest absolute Gasteiger partial charge is 0.480 e. The zero-order valence-electron chi connectivity index (χ0n) is 7.14. The maximum Gasteiger partial charge on any atom is 0.325 e. The number of sulfone groups is 1. The maximum absolute atomic E-state index is 11.1. The second-order valence-electron chi connectivity index (χ2n) is 2.62. The predicted molar refractivity (Wildman–Crippen MR) is 50.7 cm³/mol. The Morgan fingerprint density at radius 2 is 2.29 bits per heavy atom. The first-order valence-electron chi connectivity index (χ1n) is 3.45. The fourth-order valence-electron chi connectivity index (χ4n) is 0.840. The van der Waals surface area contributed by atoms with Crippen LogP contribution in [0, 0.1) is 0 Å². The van der Waals surface area contributed by atoms with Crippen molar-refractivity contribution in [3.63, 3.8) is 0 Å². The molecule has 0 saturated heterocycles. The van der Waals surface area contributed by atoms with Gasteiger partial charge in [-0.25, -0.2) is 13.1 Å². The fourth-order valence-corrected chi connectivity index (χ4v) is 2.69. The van der Waals surface area contributed by atoms with Crippen LogP contribution in [0.15, 0.2) is 15.7 Å². The highest BCUT2D eigenvalue weighted by atomic mass is 79.9. The van der Waals surface area contributed by atoms with E-state index in [9.17, 15) is 13.2 Å². The molecule has 1 heterocycles. The topological polar surface area (TPSA) is 89.3 Å². The lowest BCUT2D eigenvalue weighted by Gasteiger charge is -1.98. The molecule has 0 fully saturated rings. The number of rotatable bonds is 3. The third kappa shape index (κ3) is 2.32. The van der Waals surface area contributed by atoms with Crippen molar-refractivity contribution in [1.82, 2.24) is 9.78 Å². The molecule has 0 amide bonds. The Morgan fingerprint density at radius 1 is 1.71 bits per heavy atom. The molecular weight excluding hydrogens is 276 g/mol. The number of aliphatic carboxylic acids is 1. The van der Waals surface area contributed by atoms with Crippen molar-refractivity contribution in [2.24, 2.45) is 0 Å². The first kappa shape index (κ1) is 11.2. The summed E-state index contributed by atoms with van der Waals surface area (Å²) in [6, 6.07) is 0. The van der Waals surface area contributed by atoms with Crippen LogP contribution in [0.1, 0.15) is 0 Å². The number of hydrogen-bond donors (Lipinski definition) is 1. The van der Waals surface area contributed by atoms with E-state index < -0.39 is 15.8 Å². The van der Waals surface area contributed by atoms with Crippen molar-refractivity contribution in [2.75, 3.05) is 6.26 Å². The van der Waals surface area contributed by atoms with Crippen molar-refractivity contribution in [2.45, 2.75) is 11.4 Å². The molecule has 1 aromatic rings. The summed E-state index contributed by atoms with van der Waals surface area (Å²) in [5.74, 6) is -1.09. The Labute approximate surface area is 88.6 Å². The maximum atomic E-state index is 11.1. The lowest BCUT2D eigenvalue weighted by atomic mass is 10.6. The van der Waals surface area contributed by atoms with Gasteiger partial charge in [0, 0.05) is 6.26 Å². The number of hydrogen-bond acceptors (Lipinski definition) is 4. The van der Waals surface area contributed by atoms with E-state index in [1.165, 1.54) is 0 Å². The zero-order valence-corrected chi connectivity index (χ0v) is 9.54.